The van der Waals surface area contributed by atoms with Crippen molar-refractivity contribution in [2.24, 2.45) is 0 Å². The number of aliphatic carboxylic acids is 1. The smallest absolute Gasteiger partial charge is 0.320 e. The molecule has 1 saturated heterocycles. The number of hydrogen-bond acceptors (Lipinski definition) is 4. The molecule has 0 spiro atoms. The van der Waals surface area contributed by atoms with Crippen LogP contribution < -0.4 is 4.74 Å². The molecule has 1 N–H and O–H groups in total. The molecule has 1 aromatic rings. The normalized spacial score (nSPS) is 17.1. The number of carbonyl (C=O) groups excluding carboxylic acids is 1. The molecule has 1 aromatic carbocycles. The Labute approximate surface area is 130 Å². The first kappa shape index (κ1) is 16.3. The van der Waals surface area contributed by atoms with Crippen LogP contribution >= 0.6 is 0 Å². The molecule has 0 bridgehead atoms. The fourth-order valence-corrected chi connectivity index (χ4v) is 2.58. The fraction of sp³-hybridized carbons (Fsp3) is 0.500. The molecule has 0 radical (unpaired) electrons. The molecule has 1 fully saturated rings. The summed E-state index contributed by atoms with van der Waals surface area (Å²) in [7, 11) is 1.60. The average molecular weight is 306 g/mol. The molecule has 6 heteroatoms. The van der Waals surface area contributed by atoms with Gasteiger partial charge in [0.15, 0.2) is 0 Å². The van der Waals surface area contributed by atoms with E-state index in [1.807, 2.05) is 29.2 Å². The van der Waals surface area contributed by atoms with Gasteiger partial charge in [-0.2, -0.15) is 0 Å². The van der Waals surface area contributed by atoms with Crippen molar-refractivity contribution in [1.29, 1.82) is 0 Å². The third kappa shape index (κ3) is 3.98. The average Bonchev–Trinajstić information content (AvgIpc) is 2.54. The lowest BCUT2D eigenvalue weighted by Crippen LogP contribution is -2.53. The molecular formula is C16H22N2O4. The Hall–Kier alpha value is -2.08. The summed E-state index contributed by atoms with van der Waals surface area (Å²) in [5.41, 5.74) is 0.922. The highest BCUT2D eigenvalue weighted by atomic mass is 16.5. The Bertz CT molecular complexity index is 539. The first-order valence-electron chi connectivity index (χ1n) is 7.39. The van der Waals surface area contributed by atoms with E-state index in [1.54, 1.807) is 18.9 Å². The van der Waals surface area contributed by atoms with Gasteiger partial charge in [0.25, 0.3) is 0 Å². The van der Waals surface area contributed by atoms with Crippen LogP contribution in [0.2, 0.25) is 0 Å². The molecule has 0 unspecified atom stereocenters. The highest BCUT2D eigenvalue weighted by molar-refractivity contribution is 5.79. The van der Waals surface area contributed by atoms with Crippen LogP contribution in [0, 0.1) is 0 Å². The lowest BCUT2D eigenvalue weighted by molar-refractivity contribution is -0.144. The molecular weight excluding hydrogens is 284 g/mol. The number of nitrogens with zero attached hydrogens (tertiary/aromatic N) is 2. The number of carbonyl (C=O) groups is 2. The monoisotopic (exact) mass is 306 g/mol. The van der Waals surface area contributed by atoms with Crippen molar-refractivity contribution in [1.82, 2.24) is 9.80 Å². The second-order valence-electron chi connectivity index (χ2n) is 5.46. The molecule has 1 amide bonds. The van der Waals surface area contributed by atoms with Gasteiger partial charge >= 0.3 is 5.97 Å². The highest BCUT2D eigenvalue weighted by Crippen LogP contribution is 2.14. The van der Waals surface area contributed by atoms with Crippen molar-refractivity contribution in [3.05, 3.63) is 29.8 Å². The molecule has 0 aliphatic carbocycles. The molecule has 120 valence electrons. The van der Waals surface area contributed by atoms with Gasteiger partial charge in [-0.05, 0) is 24.6 Å². The minimum absolute atomic E-state index is 0.0656. The van der Waals surface area contributed by atoms with E-state index in [9.17, 15) is 9.59 Å². The maximum atomic E-state index is 12.3. The second-order valence-corrected chi connectivity index (χ2v) is 5.46. The maximum absolute atomic E-state index is 12.3. The van der Waals surface area contributed by atoms with Crippen LogP contribution in [0.5, 0.6) is 5.75 Å². The van der Waals surface area contributed by atoms with Crippen molar-refractivity contribution < 1.29 is 19.4 Å². The van der Waals surface area contributed by atoms with Crippen LogP contribution in [0.1, 0.15) is 12.5 Å². The first-order chi connectivity index (χ1) is 10.5. The van der Waals surface area contributed by atoms with Gasteiger partial charge in [0.05, 0.1) is 13.5 Å². The van der Waals surface area contributed by atoms with Crippen LogP contribution in [0.4, 0.5) is 0 Å². The van der Waals surface area contributed by atoms with Crippen molar-refractivity contribution in [3.63, 3.8) is 0 Å². The predicted octanol–water partition coefficient (Wildman–Crippen LogP) is 0.855. The second kappa shape index (κ2) is 7.26. The third-order valence-corrected chi connectivity index (χ3v) is 4.06. The summed E-state index contributed by atoms with van der Waals surface area (Å²) in [6, 6.07) is 6.98. The van der Waals surface area contributed by atoms with Gasteiger partial charge in [-0.1, -0.05) is 12.1 Å². The van der Waals surface area contributed by atoms with Crippen LogP contribution in [-0.2, 0) is 16.0 Å². The van der Waals surface area contributed by atoms with Crippen molar-refractivity contribution in [2.75, 3.05) is 33.3 Å². The van der Waals surface area contributed by atoms with Crippen LogP contribution in [0.3, 0.4) is 0 Å². The third-order valence-electron chi connectivity index (χ3n) is 4.06. The van der Waals surface area contributed by atoms with E-state index in [0.29, 0.717) is 32.6 Å². The van der Waals surface area contributed by atoms with E-state index in [2.05, 4.69) is 0 Å². The SMILES string of the molecule is COc1cccc(CC(=O)N2CCN([C@@H](C)C(=O)O)CC2)c1. The summed E-state index contributed by atoms with van der Waals surface area (Å²) >= 11 is 0. The van der Waals surface area contributed by atoms with Crippen LogP contribution in [0.25, 0.3) is 0 Å². The summed E-state index contributed by atoms with van der Waals surface area (Å²) in [4.78, 5) is 27.0. The van der Waals surface area contributed by atoms with Gasteiger partial charge in [-0.15, -0.1) is 0 Å². The summed E-state index contributed by atoms with van der Waals surface area (Å²) < 4.78 is 5.16. The standard InChI is InChI=1S/C16H22N2O4/c1-12(16(20)21)17-6-8-18(9-7-17)15(19)11-13-4-3-5-14(10-13)22-2/h3-5,10,12H,6-9,11H2,1-2H3,(H,20,21)/t12-/m0/s1. The number of methoxy groups -OCH3 is 1. The molecule has 6 nitrogen and oxygen atoms in total. The number of piperazine rings is 1. The van der Waals surface area contributed by atoms with E-state index >= 15 is 0 Å². The summed E-state index contributed by atoms with van der Waals surface area (Å²) in [5, 5.41) is 9.02. The minimum Gasteiger partial charge on any atom is -0.497 e. The Morgan fingerprint density at radius 1 is 1.27 bits per heavy atom. The number of ether oxygens (including phenoxy) is 1. The molecule has 0 saturated carbocycles. The quantitative estimate of drug-likeness (QED) is 0.873. The zero-order valence-electron chi connectivity index (χ0n) is 13.0. The van der Waals surface area contributed by atoms with Crippen molar-refractivity contribution >= 4 is 11.9 Å². The molecule has 1 atom stereocenters. The molecule has 1 aliphatic rings. The van der Waals surface area contributed by atoms with Gasteiger partial charge < -0.3 is 14.7 Å². The van der Waals surface area contributed by atoms with E-state index < -0.39 is 12.0 Å². The van der Waals surface area contributed by atoms with Crippen LogP contribution in [0.15, 0.2) is 24.3 Å². The maximum Gasteiger partial charge on any atom is 0.320 e. The fourth-order valence-electron chi connectivity index (χ4n) is 2.58. The van der Waals surface area contributed by atoms with Crippen molar-refractivity contribution in [3.8, 4) is 5.75 Å². The lowest BCUT2D eigenvalue weighted by atomic mass is 10.1. The first-order valence-corrected chi connectivity index (χ1v) is 7.39. The number of carboxylic acids is 1. The summed E-state index contributed by atoms with van der Waals surface area (Å²) in [6.07, 6.45) is 0.339. The van der Waals surface area contributed by atoms with E-state index in [1.165, 1.54) is 0 Å². The Morgan fingerprint density at radius 2 is 1.95 bits per heavy atom. The van der Waals surface area contributed by atoms with Crippen LogP contribution in [-0.4, -0.2) is 66.1 Å². The number of amides is 1. The molecule has 1 aliphatic heterocycles. The minimum atomic E-state index is -0.823. The Balaban J connectivity index is 1.88. The predicted molar refractivity (Wildman–Crippen MR) is 81.9 cm³/mol. The number of rotatable bonds is 5. The van der Waals surface area contributed by atoms with Gasteiger partial charge in [0.2, 0.25) is 5.91 Å². The summed E-state index contributed by atoms with van der Waals surface area (Å²) in [6.45, 7) is 4.01. The van der Waals surface area contributed by atoms with E-state index in [-0.39, 0.29) is 5.91 Å². The van der Waals surface area contributed by atoms with E-state index in [4.69, 9.17) is 9.84 Å². The van der Waals surface area contributed by atoms with Gasteiger partial charge in [0, 0.05) is 26.2 Å². The molecule has 1 heterocycles. The largest absolute Gasteiger partial charge is 0.497 e. The zero-order valence-corrected chi connectivity index (χ0v) is 13.0. The zero-order chi connectivity index (χ0) is 16.1. The summed E-state index contributed by atoms with van der Waals surface area (Å²) in [5.74, 6) is -0.0163. The lowest BCUT2D eigenvalue weighted by Gasteiger charge is -2.36. The van der Waals surface area contributed by atoms with E-state index in [0.717, 1.165) is 11.3 Å². The van der Waals surface area contributed by atoms with Gasteiger partial charge in [-0.3, -0.25) is 14.5 Å². The number of benzene rings is 1. The molecule has 22 heavy (non-hydrogen) atoms. The topological polar surface area (TPSA) is 70.1 Å². The molecule has 0 aromatic heterocycles. The van der Waals surface area contributed by atoms with Gasteiger partial charge in [0.1, 0.15) is 11.8 Å². The Morgan fingerprint density at radius 3 is 2.55 bits per heavy atom. The highest BCUT2D eigenvalue weighted by Gasteiger charge is 2.27. The van der Waals surface area contributed by atoms with Crippen molar-refractivity contribution in [2.45, 2.75) is 19.4 Å². The van der Waals surface area contributed by atoms with Gasteiger partial charge in [-0.25, -0.2) is 0 Å². The molecule has 2 rings (SSSR count). The number of hydrogen-bond donors (Lipinski definition) is 1. The Kier molecular flexibility index (Phi) is 5.38. The number of carboxylic acid groups (broad SMARTS) is 1.